The Morgan fingerprint density at radius 2 is 2.32 bits per heavy atom. The largest absolute Gasteiger partial charge is 0.372 e. The molecule has 0 bridgehead atoms. The molecule has 7 nitrogen and oxygen atoms in total. The van der Waals surface area contributed by atoms with Crippen LogP contribution < -0.4 is 10.6 Å². The molecule has 98 valence electrons. The minimum Gasteiger partial charge on any atom is -0.372 e. The van der Waals surface area contributed by atoms with E-state index < -0.39 is 6.03 Å². The minimum atomic E-state index is -0.397. The first kappa shape index (κ1) is 11.8. The Labute approximate surface area is 112 Å². The SMILES string of the molecule is CNc1nc(CN2C(=O)CNC2=O)nc2sccc12. The van der Waals surface area contributed by atoms with Gasteiger partial charge in [0.15, 0.2) is 5.82 Å². The second-order valence-electron chi connectivity index (χ2n) is 4.02. The van der Waals surface area contributed by atoms with Gasteiger partial charge in [0.05, 0.1) is 18.5 Å². The lowest BCUT2D eigenvalue weighted by Crippen LogP contribution is -2.31. The fraction of sp³-hybridized carbons (Fsp3) is 0.273. The first-order valence-corrected chi connectivity index (χ1v) is 6.57. The Morgan fingerprint density at radius 3 is 3.00 bits per heavy atom. The van der Waals surface area contributed by atoms with E-state index in [4.69, 9.17) is 0 Å². The van der Waals surface area contributed by atoms with Crippen molar-refractivity contribution in [2.24, 2.45) is 0 Å². The fourth-order valence-corrected chi connectivity index (χ4v) is 2.70. The zero-order chi connectivity index (χ0) is 13.4. The van der Waals surface area contributed by atoms with Gasteiger partial charge in [0.2, 0.25) is 5.91 Å². The zero-order valence-electron chi connectivity index (χ0n) is 10.1. The molecule has 1 fully saturated rings. The number of hydrogen-bond acceptors (Lipinski definition) is 6. The summed E-state index contributed by atoms with van der Waals surface area (Å²) < 4.78 is 0. The van der Waals surface area contributed by atoms with Crippen molar-refractivity contribution in [1.82, 2.24) is 20.2 Å². The molecule has 0 spiro atoms. The third-order valence-corrected chi connectivity index (χ3v) is 3.65. The number of anilines is 1. The third kappa shape index (κ3) is 1.99. The lowest BCUT2D eigenvalue weighted by molar-refractivity contribution is -0.125. The molecule has 1 saturated heterocycles. The maximum absolute atomic E-state index is 11.5. The molecule has 3 heterocycles. The van der Waals surface area contributed by atoms with Crippen LogP contribution >= 0.6 is 11.3 Å². The Bertz CT molecular complexity index is 652. The Hall–Kier alpha value is -2.22. The first-order chi connectivity index (χ1) is 9.19. The van der Waals surface area contributed by atoms with Crippen LogP contribution in [0.2, 0.25) is 0 Å². The first-order valence-electron chi connectivity index (χ1n) is 5.69. The normalized spacial score (nSPS) is 15.1. The smallest absolute Gasteiger partial charge is 0.325 e. The minimum absolute atomic E-state index is 0.0406. The predicted octanol–water partition coefficient (Wildman–Crippen LogP) is 0.785. The van der Waals surface area contributed by atoms with Gasteiger partial charge < -0.3 is 10.6 Å². The number of rotatable bonds is 3. The van der Waals surface area contributed by atoms with E-state index in [0.717, 1.165) is 15.1 Å². The van der Waals surface area contributed by atoms with Crippen molar-refractivity contribution in [3.63, 3.8) is 0 Å². The molecule has 0 aromatic carbocycles. The standard InChI is InChI=1S/C11H11N5O2S/c1-12-9-6-2-3-19-10(6)15-7(14-9)5-16-8(17)4-13-11(16)18/h2-3H,4-5H2,1H3,(H,13,18)(H,12,14,15). The lowest BCUT2D eigenvalue weighted by atomic mass is 10.3. The Balaban J connectivity index is 1.96. The summed E-state index contributed by atoms with van der Waals surface area (Å²) in [6.07, 6.45) is 0. The second kappa shape index (κ2) is 4.47. The van der Waals surface area contributed by atoms with Crippen LogP contribution in [0, 0.1) is 0 Å². The maximum atomic E-state index is 11.5. The van der Waals surface area contributed by atoms with E-state index in [1.54, 1.807) is 7.05 Å². The number of nitrogens with one attached hydrogen (secondary N) is 2. The number of aromatic nitrogens is 2. The summed E-state index contributed by atoms with van der Waals surface area (Å²) in [7, 11) is 1.77. The molecule has 3 rings (SSSR count). The highest BCUT2D eigenvalue weighted by molar-refractivity contribution is 7.16. The predicted molar refractivity (Wildman–Crippen MR) is 70.9 cm³/mol. The molecular weight excluding hydrogens is 266 g/mol. The molecule has 1 aliphatic rings. The van der Waals surface area contributed by atoms with Crippen LogP contribution in [0.1, 0.15) is 5.82 Å². The van der Waals surface area contributed by atoms with Crippen LogP contribution in [0.4, 0.5) is 10.6 Å². The van der Waals surface area contributed by atoms with Crippen LogP contribution in [-0.2, 0) is 11.3 Å². The Morgan fingerprint density at radius 1 is 1.47 bits per heavy atom. The summed E-state index contributed by atoms with van der Waals surface area (Å²) in [5.41, 5.74) is 0. The van der Waals surface area contributed by atoms with E-state index in [2.05, 4.69) is 20.6 Å². The summed E-state index contributed by atoms with van der Waals surface area (Å²) in [5.74, 6) is 0.892. The van der Waals surface area contributed by atoms with Crippen molar-refractivity contribution in [3.8, 4) is 0 Å². The van der Waals surface area contributed by atoms with Crippen LogP contribution in [0.3, 0.4) is 0 Å². The van der Waals surface area contributed by atoms with Gasteiger partial charge in [-0.15, -0.1) is 11.3 Å². The van der Waals surface area contributed by atoms with E-state index in [9.17, 15) is 9.59 Å². The summed E-state index contributed by atoms with van der Waals surface area (Å²) >= 11 is 1.50. The van der Waals surface area contributed by atoms with Gasteiger partial charge in [-0.05, 0) is 11.4 Å². The van der Waals surface area contributed by atoms with Crippen LogP contribution in [0.15, 0.2) is 11.4 Å². The second-order valence-corrected chi connectivity index (χ2v) is 4.91. The molecular formula is C11H11N5O2S. The van der Waals surface area contributed by atoms with Gasteiger partial charge in [-0.1, -0.05) is 0 Å². The van der Waals surface area contributed by atoms with Gasteiger partial charge >= 0.3 is 6.03 Å². The number of hydrogen-bond donors (Lipinski definition) is 2. The van der Waals surface area contributed by atoms with E-state index in [1.807, 2.05) is 11.4 Å². The molecule has 2 aromatic rings. The third-order valence-electron chi connectivity index (χ3n) is 2.84. The van der Waals surface area contributed by atoms with Crippen molar-refractivity contribution in [1.29, 1.82) is 0 Å². The number of carbonyl (C=O) groups excluding carboxylic acids is 2. The van der Waals surface area contributed by atoms with Gasteiger partial charge in [0.25, 0.3) is 0 Å². The zero-order valence-corrected chi connectivity index (χ0v) is 11.0. The molecule has 0 aliphatic carbocycles. The number of urea groups is 1. The van der Waals surface area contributed by atoms with Crippen molar-refractivity contribution in [2.45, 2.75) is 6.54 Å². The molecule has 0 unspecified atom stereocenters. The highest BCUT2D eigenvalue weighted by Crippen LogP contribution is 2.25. The molecule has 0 saturated carbocycles. The maximum Gasteiger partial charge on any atom is 0.325 e. The van der Waals surface area contributed by atoms with Crippen LogP contribution in [0.25, 0.3) is 10.2 Å². The van der Waals surface area contributed by atoms with E-state index >= 15 is 0 Å². The fourth-order valence-electron chi connectivity index (χ4n) is 1.92. The van der Waals surface area contributed by atoms with Gasteiger partial charge in [0, 0.05) is 7.05 Å². The van der Waals surface area contributed by atoms with E-state index in [-0.39, 0.29) is 19.0 Å². The molecule has 2 N–H and O–H groups in total. The van der Waals surface area contributed by atoms with Gasteiger partial charge in [-0.25, -0.2) is 14.8 Å². The van der Waals surface area contributed by atoms with Crippen LogP contribution in [0.5, 0.6) is 0 Å². The summed E-state index contributed by atoms with van der Waals surface area (Å²) in [6.45, 7) is 0.131. The molecule has 8 heteroatoms. The average Bonchev–Trinajstić information content (AvgIpc) is 2.99. The molecule has 0 atom stereocenters. The summed E-state index contributed by atoms with van der Waals surface area (Å²) in [4.78, 5) is 33.7. The van der Waals surface area contributed by atoms with Crippen molar-refractivity contribution in [2.75, 3.05) is 18.9 Å². The van der Waals surface area contributed by atoms with Gasteiger partial charge in [-0.3, -0.25) is 9.69 Å². The summed E-state index contributed by atoms with van der Waals surface area (Å²) in [5, 5.41) is 8.33. The quantitative estimate of drug-likeness (QED) is 0.810. The number of nitrogens with zero attached hydrogens (tertiary/aromatic N) is 3. The lowest BCUT2D eigenvalue weighted by Gasteiger charge is -2.12. The molecule has 2 aromatic heterocycles. The molecule has 1 aliphatic heterocycles. The van der Waals surface area contributed by atoms with Crippen LogP contribution in [-0.4, -0.2) is 40.4 Å². The van der Waals surface area contributed by atoms with E-state index in [0.29, 0.717) is 11.6 Å². The van der Waals surface area contributed by atoms with Gasteiger partial charge in [0.1, 0.15) is 10.6 Å². The van der Waals surface area contributed by atoms with Crippen molar-refractivity contribution in [3.05, 3.63) is 17.3 Å². The highest BCUT2D eigenvalue weighted by Gasteiger charge is 2.29. The Kier molecular flexibility index (Phi) is 2.79. The molecule has 0 radical (unpaired) electrons. The monoisotopic (exact) mass is 277 g/mol. The van der Waals surface area contributed by atoms with Crippen molar-refractivity contribution < 1.29 is 9.59 Å². The van der Waals surface area contributed by atoms with Crippen molar-refractivity contribution >= 4 is 39.3 Å². The number of imide groups is 1. The van der Waals surface area contributed by atoms with E-state index in [1.165, 1.54) is 11.3 Å². The number of fused-ring (bicyclic) bond motifs is 1. The highest BCUT2D eigenvalue weighted by atomic mass is 32.1. The molecule has 3 amide bonds. The van der Waals surface area contributed by atoms with Gasteiger partial charge in [-0.2, -0.15) is 0 Å². The number of amides is 3. The molecule has 19 heavy (non-hydrogen) atoms. The number of carbonyl (C=O) groups is 2. The summed E-state index contributed by atoms with van der Waals surface area (Å²) in [6, 6.07) is 1.54. The number of thiophene rings is 1. The topological polar surface area (TPSA) is 87.2 Å². The average molecular weight is 277 g/mol.